The molecule has 0 saturated heterocycles. The zero-order valence-corrected chi connectivity index (χ0v) is 6.36. The number of hydrogen-bond donors (Lipinski definition) is 1. The Morgan fingerprint density at radius 2 is 2.31 bits per heavy atom. The molecule has 0 bridgehead atoms. The highest BCUT2D eigenvalue weighted by molar-refractivity contribution is 5.77. The highest BCUT2D eigenvalue weighted by atomic mass is 19.4. The molecular formula is C6H6F3N3O. The molecule has 0 spiro atoms. The summed E-state index contributed by atoms with van der Waals surface area (Å²) in [5.41, 5.74) is 0.312. The molecule has 0 aliphatic carbocycles. The van der Waals surface area contributed by atoms with Crippen molar-refractivity contribution in [1.82, 2.24) is 9.78 Å². The van der Waals surface area contributed by atoms with Gasteiger partial charge in [-0.3, -0.25) is 4.68 Å². The number of rotatable bonds is 2. The van der Waals surface area contributed by atoms with E-state index in [1.165, 1.54) is 6.20 Å². The predicted molar refractivity (Wildman–Crippen MR) is 37.7 cm³/mol. The molecule has 0 amide bonds. The standard InChI is InChI=1S/C6H6F3N3O/c7-6(8,9)4-12-3-5(1-10-12)2-11-13/h1-3,13H,4H2. The lowest BCUT2D eigenvalue weighted by molar-refractivity contribution is -0.142. The van der Waals surface area contributed by atoms with Crippen molar-refractivity contribution >= 4 is 6.21 Å². The molecule has 0 unspecified atom stereocenters. The van der Waals surface area contributed by atoms with E-state index in [0.29, 0.717) is 5.56 Å². The molecule has 0 saturated carbocycles. The molecule has 0 aliphatic heterocycles. The highest BCUT2D eigenvalue weighted by Gasteiger charge is 2.28. The summed E-state index contributed by atoms with van der Waals surface area (Å²) >= 11 is 0. The fraction of sp³-hybridized carbons (Fsp3) is 0.333. The molecule has 1 aromatic rings. The first-order chi connectivity index (χ1) is 6.01. The van der Waals surface area contributed by atoms with Crippen molar-refractivity contribution in [2.75, 3.05) is 0 Å². The Balaban J connectivity index is 2.69. The lowest BCUT2D eigenvalue weighted by Crippen LogP contribution is -2.17. The Kier molecular flexibility index (Phi) is 2.54. The summed E-state index contributed by atoms with van der Waals surface area (Å²) in [5, 5.41) is 14.1. The van der Waals surface area contributed by atoms with E-state index in [0.717, 1.165) is 17.1 Å². The molecule has 4 nitrogen and oxygen atoms in total. The van der Waals surface area contributed by atoms with Crippen LogP contribution >= 0.6 is 0 Å². The number of nitrogens with zero attached hydrogens (tertiary/aromatic N) is 3. The van der Waals surface area contributed by atoms with Crippen LogP contribution in [0.15, 0.2) is 17.5 Å². The molecule has 1 aromatic heterocycles. The molecular weight excluding hydrogens is 187 g/mol. The van der Waals surface area contributed by atoms with Gasteiger partial charge < -0.3 is 5.21 Å². The molecule has 13 heavy (non-hydrogen) atoms. The third-order valence-electron chi connectivity index (χ3n) is 1.20. The summed E-state index contributed by atoms with van der Waals surface area (Å²) in [7, 11) is 0. The van der Waals surface area contributed by atoms with Crippen molar-refractivity contribution in [3.05, 3.63) is 18.0 Å². The van der Waals surface area contributed by atoms with E-state index in [1.54, 1.807) is 0 Å². The largest absolute Gasteiger partial charge is 0.411 e. The van der Waals surface area contributed by atoms with E-state index in [4.69, 9.17) is 5.21 Å². The zero-order valence-electron chi connectivity index (χ0n) is 6.36. The fourth-order valence-electron chi connectivity index (χ4n) is 0.783. The monoisotopic (exact) mass is 193 g/mol. The normalized spacial score (nSPS) is 12.5. The van der Waals surface area contributed by atoms with E-state index in [2.05, 4.69) is 10.3 Å². The van der Waals surface area contributed by atoms with E-state index in [-0.39, 0.29) is 0 Å². The summed E-state index contributed by atoms with van der Waals surface area (Å²) in [6.07, 6.45) is -0.988. The quantitative estimate of drug-likeness (QED) is 0.436. The van der Waals surface area contributed by atoms with Gasteiger partial charge in [0.1, 0.15) is 6.54 Å². The molecule has 0 aromatic carbocycles. The minimum Gasteiger partial charge on any atom is -0.411 e. The van der Waals surface area contributed by atoms with Gasteiger partial charge in [0.05, 0.1) is 12.4 Å². The number of aromatic nitrogens is 2. The van der Waals surface area contributed by atoms with E-state index in [9.17, 15) is 13.2 Å². The Morgan fingerprint density at radius 3 is 2.85 bits per heavy atom. The van der Waals surface area contributed by atoms with Gasteiger partial charge in [0.15, 0.2) is 0 Å². The van der Waals surface area contributed by atoms with Gasteiger partial charge in [0.2, 0.25) is 0 Å². The minimum absolute atomic E-state index is 0.312. The molecule has 0 atom stereocenters. The van der Waals surface area contributed by atoms with Gasteiger partial charge >= 0.3 is 6.18 Å². The number of hydrogen-bond acceptors (Lipinski definition) is 3. The second-order valence-corrected chi connectivity index (χ2v) is 2.33. The van der Waals surface area contributed by atoms with Gasteiger partial charge in [-0.15, -0.1) is 0 Å². The fourth-order valence-corrected chi connectivity index (χ4v) is 0.783. The van der Waals surface area contributed by atoms with Crippen LogP contribution in [0.4, 0.5) is 13.2 Å². The van der Waals surface area contributed by atoms with Crippen LogP contribution in [0.25, 0.3) is 0 Å². The smallest absolute Gasteiger partial charge is 0.408 e. The second-order valence-electron chi connectivity index (χ2n) is 2.33. The van der Waals surface area contributed by atoms with E-state index in [1.807, 2.05) is 0 Å². The molecule has 0 aliphatic rings. The van der Waals surface area contributed by atoms with Gasteiger partial charge in [-0.1, -0.05) is 5.16 Å². The maximum absolute atomic E-state index is 11.8. The third-order valence-corrected chi connectivity index (χ3v) is 1.20. The van der Waals surface area contributed by atoms with Crippen molar-refractivity contribution in [3.63, 3.8) is 0 Å². The van der Waals surface area contributed by atoms with Gasteiger partial charge in [-0.2, -0.15) is 18.3 Å². The summed E-state index contributed by atoms with van der Waals surface area (Å²) in [6.45, 7) is -1.15. The summed E-state index contributed by atoms with van der Waals surface area (Å²) in [6, 6.07) is 0. The Hall–Kier alpha value is -1.53. The lowest BCUT2D eigenvalue weighted by Gasteiger charge is -2.04. The first kappa shape index (κ1) is 9.56. The van der Waals surface area contributed by atoms with Gasteiger partial charge in [0.25, 0.3) is 0 Å². The Bertz CT molecular complexity index is 304. The van der Waals surface area contributed by atoms with Crippen LogP contribution in [0.5, 0.6) is 0 Å². The topological polar surface area (TPSA) is 50.4 Å². The van der Waals surface area contributed by atoms with Crippen LogP contribution in [0, 0.1) is 0 Å². The summed E-state index contributed by atoms with van der Waals surface area (Å²) < 4.78 is 36.1. The maximum Gasteiger partial charge on any atom is 0.408 e. The second kappa shape index (κ2) is 3.46. The minimum atomic E-state index is -4.29. The van der Waals surface area contributed by atoms with Crippen molar-refractivity contribution in [3.8, 4) is 0 Å². The molecule has 0 radical (unpaired) electrons. The molecule has 1 rings (SSSR count). The van der Waals surface area contributed by atoms with Crippen molar-refractivity contribution < 1.29 is 18.4 Å². The van der Waals surface area contributed by atoms with Gasteiger partial charge in [0, 0.05) is 11.8 Å². The Labute approximate surface area is 71.3 Å². The van der Waals surface area contributed by atoms with Crippen molar-refractivity contribution in [2.45, 2.75) is 12.7 Å². The first-order valence-corrected chi connectivity index (χ1v) is 3.28. The van der Waals surface area contributed by atoms with E-state index < -0.39 is 12.7 Å². The molecule has 72 valence electrons. The van der Waals surface area contributed by atoms with Crippen LogP contribution in [0.1, 0.15) is 5.56 Å². The highest BCUT2D eigenvalue weighted by Crippen LogP contribution is 2.16. The van der Waals surface area contributed by atoms with Gasteiger partial charge in [-0.25, -0.2) is 0 Å². The maximum atomic E-state index is 11.8. The average molecular weight is 193 g/mol. The SMILES string of the molecule is ON=Cc1cnn(CC(F)(F)F)c1. The van der Waals surface area contributed by atoms with Crippen LogP contribution in [-0.2, 0) is 6.54 Å². The lowest BCUT2D eigenvalue weighted by atomic mass is 10.4. The van der Waals surface area contributed by atoms with Gasteiger partial charge in [-0.05, 0) is 0 Å². The zero-order chi connectivity index (χ0) is 9.90. The molecule has 1 N–H and O–H groups in total. The number of oxime groups is 1. The van der Waals surface area contributed by atoms with Crippen LogP contribution in [0.3, 0.4) is 0 Å². The van der Waals surface area contributed by atoms with Crippen LogP contribution in [0.2, 0.25) is 0 Å². The first-order valence-electron chi connectivity index (χ1n) is 3.28. The summed E-state index contributed by atoms with van der Waals surface area (Å²) in [5.74, 6) is 0. The predicted octanol–water partition coefficient (Wildman–Crippen LogP) is 1.25. The third kappa shape index (κ3) is 3.14. The number of alkyl halides is 3. The Morgan fingerprint density at radius 1 is 1.62 bits per heavy atom. The average Bonchev–Trinajstić information content (AvgIpc) is 2.33. The molecule has 1 heterocycles. The van der Waals surface area contributed by atoms with Crippen molar-refractivity contribution in [1.29, 1.82) is 0 Å². The number of halogens is 3. The van der Waals surface area contributed by atoms with Crippen LogP contribution in [-0.4, -0.2) is 27.4 Å². The summed E-state index contributed by atoms with van der Waals surface area (Å²) in [4.78, 5) is 0. The van der Waals surface area contributed by atoms with E-state index >= 15 is 0 Å². The molecule has 7 heteroatoms. The van der Waals surface area contributed by atoms with Crippen molar-refractivity contribution in [2.24, 2.45) is 5.16 Å². The van der Waals surface area contributed by atoms with Crippen LogP contribution < -0.4 is 0 Å². The molecule has 0 fully saturated rings.